The van der Waals surface area contributed by atoms with E-state index in [0.717, 1.165) is 0 Å². The molecule has 1 atom stereocenters. The first-order valence-electron chi connectivity index (χ1n) is 5.61. The zero-order valence-corrected chi connectivity index (χ0v) is 10.6. The Labute approximate surface area is 104 Å². The molecule has 0 spiro atoms. The minimum absolute atomic E-state index is 0.0205. The zero-order valence-electron chi connectivity index (χ0n) is 9.70. The average Bonchev–Trinajstić information content (AvgIpc) is 2.56. The average molecular weight is 264 g/mol. The van der Waals surface area contributed by atoms with E-state index in [2.05, 4.69) is 0 Å². The van der Waals surface area contributed by atoms with Crippen molar-refractivity contribution < 1.29 is 20.0 Å². The summed E-state index contributed by atoms with van der Waals surface area (Å²) in [5, 5.41) is 21.5. The molecule has 1 aliphatic heterocycles. The second-order valence-electron chi connectivity index (χ2n) is 4.59. The molecule has 1 heterocycles. The van der Waals surface area contributed by atoms with Crippen LogP contribution < -0.4 is 5.30 Å². The van der Waals surface area contributed by atoms with E-state index < -0.39 is 7.34 Å². The van der Waals surface area contributed by atoms with Crippen molar-refractivity contribution in [1.82, 2.24) is 0 Å². The summed E-state index contributed by atoms with van der Waals surface area (Å²) in [6.07, 6.45) is 0. The molecule has 3 rings (SSSR count). The van der Waals surface area contributed by atoms with Crippen LogP contribution in [0.4, 0.5) is 0 Å². The van der Waals surface area contributed by atoms with Gasteiger partial charge in [0.15, 0.2) is 0 Å². The van der Waals surface area contributed by atoms with Crippen molar-refractivity contribution in [1.29, 1.82) is 0 Å². The van der Waals surface area contributed by atoms with Gasteiger partial charge in [-0.15, -0.1) is 0 Å². The molecule has 2 aromatic rings. The van der Waals surface area contributed by atoms with Gasteiger partial charge < -0.3 is 20.0 Å². The molecule has 2 aromatic carbocycles. The van der Waals surface area contributed by atoms with Gasteiger partial charge in [-0.05, 0) is 5.80 Å². The summed E-state index contributed by atoms with van der Waals surface area (Å²) in [6.45, 7) is 1.76. The fraction of sp³-hybridized carbons (Fsp3) is 0.154. The maximum Gasteiger partial charge on any atom is 0.150 e. The van der Waals surface area contributed by atoms with Gasteiger partial charge in [0.25, 0.3) is 0 Å². The molecular formula is C13H13O4P. The molecule has 0 bridgehead atoms. The Hall–Kier alpha value is -1.48. The van der Waals surface area contributed by atoms with Crippen molar-refractivity contribution in [3.05, 3.63) is 29.8 Å². The molecule has 4 nitrogen and oxygen atoms in total. The Bertz CT molecular complexity index is 714. The molecule has 94 valence electrons. The summed E-state index contributed by atoms with van der Waals surface area (Å²) >= 11 is 0. The fourth-order valence-electron chi connectivity index (χ4n) is 2.63. The largest absolute Gasteiger partial charge is 0.507 e. The number of benzene rings is 2. The molecule has 0 radical (unpaired) electrons. The van der Waals surface area contributed by atoms with Crippen molar-refractivity contribution in [2.75, 3.05) is 0 Å². The van der Waals surface area contributed by atoms with E-state index in [1.165, 1.54) is 5.80 Å². The molecule has 4 N–H and O–H groups in total. The topological polar surface area (TPSA) is 80.9 Å². The van der Waals surface area contributed by atoms with E-state index in [0.29, 0.717) is 16.3 Å². The Kier molecular flexibility index (Phi) is 2.26. The highest BCUT2D eigenvalue weighted by Gasteiger charge is 2.35. The summed E-state index contributed by atoms with van der Waals surface area (Å²) in [5.74, 6) is 0.985. The standard InChI is InChI=1S/C13H13O4P/c1-7-6-18(16,17)13-10(7)11(14)8-4-2-3-5-9(8)12(13)15/h2-7,14-17H,1H3. The van der Waals surface area contributed by atoms with Crippen molar-refractivity contribution in [2.24, 2.45) is 0 Å². The Morgan fingerprint density at radius 1 is 1.00 bits per heavy atom. The third-order valence-electron chi connectivity index (χ3n) is 3.39. The molecule has 0 aliphatic carbocycles. The van der Waals surface area contributed by atoms with Gasteiger partial charge in [-0.3, -0.25) is 0 Å². The van der Waals surface area contributed by atoms with Gasteiger partial charge in [0.05, 0.1) is 5.30 Å². The summed E-state index contributed by atoms with van der Waals surface area (Å²) in [4.78, 5) is 20.0. The third-order valence-corrected chi connectivity index (χ3v) is 5.36. The van der Waals surface area contributed by atoms with E-state index in [4.69, 9.17) is 0 Å². The van der Waals surface area contributed by atoms with E-state index in [1.807, 2.05) is 0 Å². The molecule has 0 saturated heterocycles. The Morgan fingerprint density at radius 2 is 1.56 bits per heavy atom. The molecular weight excluding hydrogens is 251 g/mol. The van der Waals surface area contributed by atoms with E-state index in [-0.39, 0.29) is 22.7 Å². The second kappa shape index (κ2) is 3.51. The van der Waals surface area contributed by atoms with Gasteiger partial charge in [-0.1, -0.05) is 31.2 Å². The first kappa shape index (κ1) is 11.6. The van der Waals surface area contributed by atoms with Crippen LogP contribution in [0.5, 0.6) is 11.5 Å². The van der Waals surface area contributed by atoms with Crippen LogP contribution >= 0.6 is 7.34 Å². The van der Waals surface area contributed by atoms with E-state index >= 15 is 0 Å². The number of phenols is 2. The molecule has 18 heavy (non-hydrogen) atoms. The maximum atomic E-state index is 10.3. The van der Waals surface area contributed by atoms with Gasteiger partial charge in [0.2, 0.25) is 0 Å². The molecule has 0 fully saturated rings. The number of fused-ring (bicyclic) bond motifs is 2. The highest BCUT2D eigenvalue weighted by molar-refractivity contribution is 7.72. The second-order valence-corrected chi connectivity index (χ2v) is 6.64. The van der Waals surface area contributed by atoms with Crippen LogP contribution in [-0.2, 0) is 0 Å². The molecule has 5 heteroatoms. The van der Waals surface area contributed by atoms with Gasteiger partial charge >= 0.3 is 0 Å². The number of rotatable bonds is 0. The molecule has 1 aliphatic rings. The summed E-state index contributed by atoms with van der Waals surface area (Å²) < 4.78 is 0. The fourth-order valence-corrected chi connectivity index (χ4v) is 4.65. The van der Waals surface area contributed by atoms with Gasteiger partial charge in [-0.25, -0.2) is 0 Å². The van der Waals surface area contributed by atoms with Crippen LogP contribution in [0.3, 0.4) is 0 Å². The van der Waals surface area contributed by atoms with Crippen LogP contribution in [0.1, 0.15) is 18.4 Å². The van der Waals surface area contributed by atoms with Crippen molar-refractivity contribution >= 4 is 29.2 Å². The number of phenolic OH excluding ortho intramolecular Hbond substituents is 2. The highest BCUT2D eigenvalue weighted by Crippen LogP contribution is 2.53. The lowest BCUT2D eigenvalue weighted by Crippen LogP contribution is -2.08. The highest BCUT2D eigenvalue weighted by atomic mass is 31.2. The van der Waals surface area contributed by atoms with E-state index in [1.54, 1.807) is 31.2 Å². The first-order chi connectivity index (χ1) is 8.43. The zero-order chi connectivity index (χ0) is 13.1. The molecule has 1 unspecified atom stereocenters. The smallest absolute Gasteiger partial charge is 0.150 e. The summed E-state index contributed by atoms with van der Waals surface area (Å²) in [6, 6.07) is 6.83. The van der Waals surface area contributed by atoms with E-state index in [9.17, 15) is 20.0 Å². The molecule has 0 amide bonds. The first-order valence-corrected chi connectivity index (χ1v) is 7.37. The monoisotopic (exact) mass is 264 g/mol. The van der Waals surface area contributed by atoms with Crippen LogP contribution in [0.15, 0.2) is 24.3 Å². The lowest BCUT2D eigenvalue weighted by Gasteiger charge is -2.16. The minimum atomic E-state index is -3.44. The maximum absolute atomic E-state index is 10.3. The Balaban J connectivity index is 2.55. The van der Waals surface area contributed by atoms with Crippen LogP contribution in [0.2, 0.25) is 0 Å². The lowest BCUT2D eigenvalue weighted by molar-refractivity contribution is 0.461. The van der Waals surface area contributed by atoms with Crippen molar-refractivity contribution in [3.63, 3.8) is 0 Å². The quantitative estimate of drug-likeness (QED) is 0.430. The van der Waals surface area contributed by atoms with Crippen molar-refractivity contribution in [2.45, 2.75) is 12.8 Å². The van der Waals surface area contributed by atoms with Crippen LogP contribution in [-0.4, -0.2) is 25.8 Å². The van der Waals surface area contributed by atoms with Gasteiger partial charge in [0, 0.05) is 22.3 Å². The summed E-state index contributed by atoms with van der Waals surface area (Å²) in [5.41, 5.74) is 0.421. The van der Waals surface area contributed by atoms with Gasteiger partial charge in [0.1, 0.15) is 18.8 Å². The summed E-state index contributed by atoms with van der Waals surface area (Å²) in [7, 11) is -3.44. The third kappa shape index (κ3) is 1.34. The van der Waals surface area contributed by atoms with Crippen LogP contribution in [0, 0.1) is 0 Å². The van der Waals surface area contributed by atoms with Gasteiger partial charge in [-0.2, -0.15) is 0 Å². The van der Waals surface area contributed by atoms with Crippen LogP contribution in [0.25, 0.3) is 10.8 Å². The minimum Gasteiger partial charge on any atom is -0.507 e. The lowest BCUT2D eigenvalue weighted by atomic mass is 9.97. The number of hydrogen-bond donors (Lipinski definition) is 4. The predicted molar refractivity (Wildman–Crippen MR) is 72.7 cm³/mol. The number of aromatic hydroxyl groups is 2. The predicted octanol–water partition coefficient (Wildman–Crippen LogP) is 1.63. The normalized spacial score (nSPS) is 20.7. The molecule has 0 aromatic heterocycles. The molecule has 0 saturated carbocycles. The SMILES string of the molecule is CC1C=P(O)(O)c2c1c(O)c1ccccc1c2O. The number of hydrogen-bond acceptors (Lipinski definition) is 4. The Morgan fingerprint density at radius 3 is 2.17 bits per heavy atom. The van der Waals surface area contributed by atoms with Crippen molar-refractivity contribution in [3.8, 4) is 11.5 Å².